The number of esters is 2. The van der Waals surface area contributed by atoms with E-state index in [1.165, 1.54) is 102 Å². The lowest BCUT2D eigenvalue weighted by Gasteiger charge is -2.07. The van der Waals surface area contributed by atoms with E-state index in [1.54, 1.807) is 12.1 Å². The van der Waals surface area contributed by atoms with Crippen LogP contribution >= 0.6 is 0 Å². The smallest absolute Gasteiger partial charge is 0.311 e. The molecule has 0 amide bonds. The summed E-state index contributed by atoms with van der Waals surface area (Å²) < 4.78 is 10.9. The third-order valence-electron chi connectivity index (χ3n) is 7.17. The lowest BCUT2D eigenvalue weighted by molar-refractivity contribution is -0.135. The number of nitrogens with zero attached hydrogens (tertiary/aromatic N) is 2. The van der Waals surface area contributed by atoms with Crippen molar-refractivity contribution in [1.29, 1.82) is 0 Å². The highest BCUT2D eigenvalue weighted by Gasteiger charge is 2.09. The van der Waals surface area contributed by atoms with Crippen molar-refractivity contribution in [3.8, 4) is 22.9 Å². The maximum absolute atomic E-state index is 12.2. The summed E-state index contributed by atoms with van der Waals surface area (Å²) in [5.74, 6) is 0.956. The third kappa shape index (κ3) is 15.7. The van der Waals surface area contributed by atoms with Crippen molar-refractivity contribution in [3.05, 3.63) is 36.7 Å². The van der Waals surface area contributed by atoms with Crippen LogP contribution in [0.3, 0.4) is 0 Å². The van der Waals surface area contributed by atoms with E-state index < -0.39 is 0 Å². The highest BCUT2D eigenvalue weighted by molar-refractivity contribution is 5.73. The van der Waals surface area contributed by atoms with Crippen LogP contribution in [0.15, 0.2) is 36.7 Å². The summed E-state index contributed by atoms with van der Waals surface area (Å²) in [7, 11) is 0. The van der Waals surface area contributed by atoms with Crippen LogP contribution < -0.4 is 9.47 Å². The first kappa shape index (κ1) is 33.4. The van der Waals surface area contributed by atoms with Crippen molar-refractivity contribution in [2.45, 2.75) is 142 Å². The standard InChI is InChI=1S/C34H52N2O4/c1-3-5-7-9-11-13-14-16-18-19-21-32(37)39-30-25-23-29(24-26-30)34-35-27-31(28-36-34)40-33(38)22-20-17-15-12-10-8-6-4-2/h23-28H,3-22H2,1-2H3. The minimum absolute atomic E-state index is 0.193. The Morgan fingerprint density at radius 1 is 0.525 bits per heavy atom. The Balaban J connectivity index is 1.60. The summed E-state index contributed by atoms with van der Waals surface area (Å²) in [6, 6.07) is 7.17. The van der Waals surface area contributed by atoms with Crippen molar-refractivity contribution >= 4 is 11.9 Å². The van der Waals surface area contributed by atoms with E-state index in [9.17, 15) is 9.59 Å². The van der Waals surface area contributed by atoms with Gasteiger partial charge in [0.2, 0.25) is 0 Å². The van der Waals surface area contributed by atoms with E-state index in [0.29, 0.717) is 30.2 Å². The molecule has 40 heavy (non-hydrogen) atoms. The molecule has 2 aromatic rings. The second-order valence-electron chi connectivity index (χ2n) is 10.9. The fourth-order valence-corrected chi connectivity index (χ4v) is 4.71. The SMILES string of the molecule is CCCCCCCCCCCCC(=O)Oc1ccc(-c2ncc(OC(=O)CCCCCCCCCC)cn2)cc1. The molecule has 1 heterocycles. The maximum atomic E-state index is 12.2. The average Bonchev–Trinajstić information content (AvgIpc) is 2.96. The van der Waals surface area contributed by atoms with Gasteiger partial charge in [-0.25, -0.2) is 9.97 Å². The molecule has 6 nitrogen and oxygen atoms in total. The van der Waals surface area contributed by atoms with E-state index >= 15 is 0 Å². The molecule has 0 radical (unpaired) electrons. The van der Waals surface area contributed by atoms with Gasteiger partial charge in [-0.1, -0.05) is 117 Å². The van der Waals surface area contributed by atoms with E-state index in [0.717, 1.165) is 31.2 Å². The quantitative estimate of drug-likeness (QED) is 0.0775. The minimum atomic E-state index is -0.244. The molecular formula is C34H52N2O4. The predicted octanol–water partition coefficient (Wildman–Crippen LogP) is 9.80. The highest BCUT2D eigenvalue weighted by atomic mass is 16.5. The number of rotatable bonds is 23. The molecule has 0 aliphatic rings. The number of hydrogen-bond donors (Lipinski definition) is 0. The predicted molar refractivity (Wildman–Crippen MR) is 162 cm³/mol. The molecular weight excluding hydrogens is 500 g/mol. The van der Waals surface area contributed by atoms with Crippen molar-refractivity contribution in [1.82, 2.24) is 9.97 Å². The maximum Gasteiger partial charge on any atom is 0.311 e. The molecule has 0 unspecified atom stereocenters. The Morgan fingerprint density at radius 2 is 0.900 bits per heavy atom. The number of carbonyl (C=O) groups excluding carboxylic acids is 2. The summed E-state index contributed by atoms with van der Waals surface area (Å²) >= 11 is 0. The molecule has 0 N–H and O–H groups in total. The molecule has 0 atom stereocenters. The van der Waals surface area contributed by atoms with Gasteiger partial charge in [-0.2, -0.15) is 0 Å². The summed E-state index contributed by atoms with van der Waals surface area (Å²) in [6.07, 6.45) is 25.8. The van der Waals surface area contributed by atoms with Gasteiger partial charge in [0.05, 0.1) is 12.4 Å². The van der Waals surface area contributed by atoms with Crippen LogP contribution in [0.2, 0.25) is 0 Å². The Hall–Kier alpha value is -2.76. The van der Waals surface area contributed by atoms with Gasteiger partial charge >= 0.3 is 11.9 Å². The Labute approximate surface area is 242 Å². The molecule has 222 valence electrons. The van der Waals surface area contributed by atoms with Gasteiger partial charge in [0, 0.05) is 18.4 Å². The highest BCUT2D eigenvalue weighted by Crippen LogP contribution is 2.21. The van der Waals surface area contributed by atoms with Crippen LogP contribution in [-0.4, -0.2) is 21.9 Å². The molecule has 0 saturated carbocycles. The molecule has 0 spiro atoms. The topological polar surface area (TPSA) is 78.4 Å². The lowest BCUT2D eigenvalue weighted by atomic mass is 10.1. The zero-order valence-electron chi connectivity index (χ0n) is 25.1. The molecule has 1 aromatic heterocycles. The first-order valence-electron chi connectivity index (χ1n) is 16.0. The fourth-order valence-electron chi connectivity index (χ4n) is 4.71. The summed E-state index contributed by atoms with van der Waals surface area (Å²) in [5, 5.41) is 0. The normalized spacial score (nSPS) is 10.9. The number of ether oxygens (including phenoxy) is 2. The molecule has 0 fully saturated rings. The zero-order chi connectivity index (χ0) is 28.7. The molecule has 0 aliphatic heterocycles. The third-order valence-corrected chi connectivity index (χ3v) is 7.17. The van der Waals surface area contributed by atoms with E-state index in [1.807, 2.05) is 12.1 Å². The molecule has 6 heteroatoms. The van der Waals surface area contributed by atoms with Gasteiger partial charge in [0.25, 0.3) is 0 Å². The summed E-state index contributed by atoms with van der Waals surface area (Å²) in [5.41, 5.74) is 0.798. The second kappa shape index (κ2) is 22.0. The van der Waals surface area contributed by atoms with Gasteiger partial charge in [0.15, 0.2) is 11.6 Å². The molecule has 2 rings (SSSR count). The van der Waals surface area contributed by atoms with Crippen molar-refractivity contribution < 1.29 is 19.1 Å². The molecule has 0 aliphatic carbocycles. The average molecular weight is 553 g/mol. The van der Waals surface area contributed by atoms with E-state index in [-0.39, 0.29) is 11.9 Å². The summed E-state index contributed by atoms with van der Waals surface area (Å²) in [4.78, 5) is 33.0. The first-order valence-corrected chi connectivity index (χ1v) is 16.0. The number of aromatic nitrogens is 2. The number of carbonyl (C=O) groups is 2. The Bertz CT molecular complexity index is 928. The number of benzene rings is 1. The lowest BCUT2D eigenvalue weighted by Crippen LogP contribution is -2.08. The van der Waals surface area contributed by atoms with E-state index in [2.05, 4.69) is 23.8 Å². The number of unbranched alkanes of at least 4 members (excludes halogenated alkanes) is 16. The molecule has 1 aromatic carbocycles. The van der Waals surface area contributed by atoms with Crippen molar-refractivity contribution in [2.75, 3.05) is 0 Å². The van der Waals surface area contributed by atoms with Crippen LogP contribution in [0.5, 0.6) is 11.5 Å². The number of hydrogen-bond acceptors (Lipinski definition) is 6. The van der Waals surface area contributed by atoms with Crippen LogP contribution in [0.25, 0.3) is 11.4 Å². The van der Waals surface area contributed by atoms with Gasteiger partial charge in [-0.3, -0.25) is 9.59 Å². The van der Waals surface area contributed by atoms with Crippen molar-refractivity contribution in [3.63, 3.8) is 0 Å². The minimum Gasteiger partial charge on any atom is -0.427 e. The van der Waals surface area contributed by atoms with Crippen LogP contribution in [0.1, 0.15) is 142 Å². The monoisotopic (exact) mass is 552 g/mol. The second-order valence-corrected chi connectivity index (χ2v) is 10.9. The summed E-state index contributed by atoms with van der Waals surface area (Å²) in [6.45, 7) is 4.47. The van der Waals surface area contributed by atoms with Crippen LogP contribution in [-0.2, 0) is 9.59 Å². The fraction of sp³-hybridized carbons (Fsp3) is 0.647. The zero-order valence-corrected chi connectivity index (χ0v) is 25.1. The van der Waals surface area contributed by atoms with Gasteiger partial charge in [-0.15, -0.1) is 0 Å². The van der Waals surface area contributed by atoms with Crippen LogP contribution in [0.4, 0.5) is 0 Å². The van der Waals surface area contributed by atoms with Gasteiger partial charge in [-0.05, 0) is 37.1 Å². The Kier molecular flexibility index (Phi) is 18.4. The van der Waals surface area contributed by atoms with Crippen LogP contribution in [0, 0.1) is 0 Å². The Morgan fingerprint density at radius 3 is 1.32 bits per heavy atom. The molecule has 0 saturated heterocycles. The van der Waals surface area contributed by atoms with Gasteiger partial charge < -0.3 is 9.47 Å². The van der Waals surface area contributed by atoms with Crippen molar-refractivity contribution in [2.24, 2.45) is 0 Å². The largest absolute Gasteiger partial charge is 0.427 e. The van der Waals surface area contributed by atoms with Gasteiger partial charge in [0.1, 0.15) is 5.75 Å². The van der Waals surface area contributed by atoms with E-state index in [4.69, 9.17) is 9.47 Å². The first-order chi connectivity index (χ1) is 19.6. The molecule has 0 bridgehead atoms.